The zero-order valence-corrected chi connectivity index (χ0v) is 18.7. The molecule has 2 amide bonds. The zero-order valence-electron chi connectivity index (χ0n) is 18.7. The van der Waals surface area contributed by atoms with Crippen LogP contribution in [-0.4, -0.2) is 55.3 Å². The number of aromatic nitrogens is 2. The average Bonchev–Trinajstić information content (AvgIpc) is 3.25. The van der Waals surface area contributed by atoms with Crippen molar-refractivity contribution in [1.29, 1.82) is 0 Å². The molecule has 2 aromatic carbocycles. The van der Waals surface area contributed by atoms with Crippen LogP contribution in [0.25, 0.3) is 0 Å². The number of para-hydroxylation sites is 1. The van der Waals surface area contributed by atoms with Crippen molar-refractivity contribution in [3.05, 3.63) is 77.1 Å². The van der Waals surface area contributed by atoms with E-state index < -0.39 is 23.3 Å². The summed E-state index contributed by atoms with van der Waals surface area (Å²) in [6, 6.07) is 15.3. The Morgan fingerprint density at radius 2 is 1.91 bits per heavy atom. The fraction of sp³-hybridized carbons (Fsp3) is 0.250. The van der Waals surface area contributed by atoms with E-state index >= 15 is 0 Å². The van der Waals surface area contributed by atoms with Crippen molar-refractivity contribution in [1.82, 2.24) is 20.0 Å². The molecule has 0 bridgehead atoms. The van der Waals surface area contributed by atoms with E-state index in [0.29, 0.717) is 5.56 Å². The number of nitrogens with zero attached hydrogens (tertiary/aromatic N) is 3. The van der Waals surface area contributed by atoms with Crippen LogP contribution in [0.15, 0.2) is 54.6 Å². The molecule has 10 nitrogen and oxygen atoms in total. The molecule has 0 saturated heterocycles. The molecule has 1 aliphatic heterocycles. The molecule has 10 heteroatoms. The van der Waals surface area contributed by atoms with Gasteiger partial charge in [0.2, 0.25) is 5.91 Å². The average molecular weight is 464 g/mol. The highest BCUT2D eigenvalue weighted by molar-refractivity contribution is 6.01. The highest BCUT2D eigenvalue weighted by Crippen LogP contribution is 2.35. The summed E-state index contributed by atoms with van der Waals surface area (Å²) in [5.74, 6) is -2.17. The highest BCUT2D eigenvalue weighted by Gasteiger charge is 2.48. The summed E-state index contributed by atoms with van der Waals surface area (Å²) in [4.78, 5) is 39.8. The van der Waals surface area contributed by atoms with E-state index in [1.54, 1.807) is 19.1 Å². The van der Waals surface area contributed by atoms with E-state index in [1.165, 1.54) is 28.8 Å². The smallest absolute Gasteiger partial charge is 0.356 e. The third-order valence-corrected chi connectivity index (χ3v) is 5.91. The lowest BCUT2D eigenvalue weighted by molar-refractivity contribution is -0.133. The molecule has 3 N–H and O–H groups in total. The molecule has 34 heavy (non-hydrogen) atoms. The number of aromatic hydroxyl groups is 1. The largest absolute Gasteiger partial charge is 0.504 e. The quantitative estimate of drug-likeness (QED) is 0.487. The molecule has 1 unspecified atom stereocenters. The topological polar surface area (TPSA) is 134 Å². The standard InChI is InChI=1S/C24H24N4O6/c1-24(23(33)25-12-15-7-4-3-5-8-15)14-28-18(11-17(26-28)22(31)32)21(30)27(24)13-16-9-6-10-19(29)20(16)34-2/h3-11,29H,12-14H2,1-2H3,(H,25,33)(H,31,32). The number of carbonyl (C=O) groups excluding carboxylic acids is 2. The number of phenolic OH excluding ortho intramolecular Hbond substituents is 1. The maximum atomic E-state index is 13.5. The number of aromatic carboxylic acids is 1. The number of carboxylic acid groups (broad SMARTS) is 1. The van der Waals surface area contributed by atoms with Crippen LogP contribution in [0, 0.1) is 0 Å². The molecule has 3 aromatic rings. The van der Waals surface area contributed by atoms with Gasteiger partial charge in [0, 0.05) is 18.2 Å². The van der Waals surface area contributed by atoms with Crippen molar-refractivity contribution in [2.45, 2.75) is 32.1 Å². The summed E-state index contributed by atoms with van der Waals surface area (Å²) >= 11 is 0. The van der Waals surface area contributed by atoms with Crippen molar-refractivity contribution in [2.75, 3.05) is 7.11 Å². The maximum Gasteiger partial charge on any atom is 0.356 e. The van der Waals surface area contributed by atoms with Gasteiger partial charge in [-0.3, -0.25) is 14.3 Å². The van der Waals surface area contributed by atoms with Crippen LogP contribution < -0.4 is 10.1 Å². The molecular weight excluding hydrogens is 440 g/mol. The van der Waals surface area contributed by atoms with Gasteiger partial charge in [0.05, 0.1) is 20.2 Å². The Morgan fingerprint density at radius 3 is 2.59 bits per heavy atom. The molecule has 1 atom stereocenters. The Hall–Kier alpha value is -4.34. The number of carboxylic acids is 1. The van der Waals surface area contributed by atoms with E-state index in [1.807, 2.05) is 30.3 Å². The van der Waals surface area contributed by atoms with Crippen molar-refractivity contribution < 1.29 is 29.3 Å². The van der Waals surface area contributed by atoms with Gasteiger partial charge in [-0.05, 0) is 18.6 Å². The molecule has 0 saturated carbocycles. The van der Waals surface area contributed by atoms with Gasteiger partial charge in [-0.2, -0.15) is 5.10 Å². The van der Waals surface area contributed by atoms with Gasteiger partial charge < -0.3 is 25.2 Å². The molecular formula is C24H24N4O6. The van der Waals surface area contributed by atoms with Crippen molar-refractivity contribution in [3.63, 3.8) is 0 Å². The fourth-order valence-corrected chi connectivity index (χ4v) is 4.06. The number of hydrogen-bond donors (Lipinski definition) is 3. The number of benzene rings is 2. The summed E-state index contributed by atoms with van der Waals surface area (Å²) in [7, 11) is 1.40. The zero-order chi connectivity index (χ0) is 24.5. The number of rotatable bonds is 7. The molecule has 176 valence electrons. The maximum absolute atomic E-state index is 13.5. The number of hydrogen-bond acceptors (Lipinski definition) is 6. The summed E-state index contributed by atoms with van der Waals surface area (Å²) in [6.07, 6.45) is 0. The van der Waals surface area contributed by atoms with Crippen LogP contribution in [-0.2, 0) is 24.4 Å². The predicted octanol–water partition coefficient (Wildman–Crippen LogP) is 2.03. The van der Waals surface area contributed by atoms with Crippen molar-refractivity contribution >= 4 is 17.8 Å². The fourth-order valence-electron chi connectivity index (χ4n) is 4.06. The number of ether oxygens (including phenoxy) is 1. The molecule has 2 heterocycles. The molecule has 0 fully saturated rings. The van der Waals surface area contributed by atoms with Crippen molar-refractivity contribution in [2.24, 2.45) is 0 Å². The Morgan fingerprint density at radius 1 is 1.18 bits per heavy atom. The second-order valence-electron chi connectivity index (χ2n) is 8.18. The molecule has 1 aromatic heterocycles. The summed E-state index contributed by atoms with van der Waals surface area (Å²) in [5, 5.41) is 26.4. The van der Waals surface area contributed by atoms with Crippen LogP contribution >= 0.6 is 0 Å². The van der Waals surface area contributed by atoms with E-state index in [4.69, 9.17) is 4.74 Å². The number of nitrogens with one attached hydrogen (secondary N) is 1. The van der Waals surface area contributed by atoms with Gasteiger partial charge in [0.1, 0.15) is 11.2 Å². The number of fused-ring (bicyclic) bond motifs is 1. The normalized spacial score (nSPS) is 17.2. The first kappa shape index (κ1) is 22.8. The van der Waals surface area contributed by atoms with Crippen LogP contribution in [0.1, 0.15) is 39.0 Å². The van der Waals surface area contributed by atoms with Crippen LogP contribution in [0.5, 0.6) is 11.5 Å². The van der Waals surface area contributed by atoms with Crippen LogP contribution in [0.2, 0.25) is 0 Å². The number of amides is 2. The van der Waals surface area contributed by atoms with E-state index in [2.05, 4.69) is 10.4 Å². The second-order valence-corrected chi connectivity index (χ2v) is 8.18. The minimum atomic E-state index is -1.41. The van der Waals surface area contributed by atoms with Crippen LogP contribution in [0.3, 0.4) is 0 Å². The van der Waals surface area contributed by atoms with Gasteiger partial charge in [-0.1, -0.05) is 42.5 Å². The Balaban J connectivity index is 1.72. The summed E-state index contributed by atoms with van der Waals surface area (Å²) < 4.78 is 6.56. The highest BCUT2D eigenvalue weighted by atomic mass is 16.5. The monoisotopic (exact) mass is 464 g/mol. The van der Waals surface area contributed by atoms with E-state index in [9.17, 15) is 24.6 Å². The third kappa shape index (κ3) is 4.05. The summed E-state index contributed by atoms with van der Waals surface area (Å²) in [6.45, 7) is 1.74. The summed E-state index contributed by atoms with van der Waals surface area (Å²) in [5.41, 5.74) is -0.256. The minimum Gasteiger partial charge on any atom is -0.504 e. The Kier molecular flexibility index (Phi) is 5.97. The molecule has 4 rings (SSSR count). The lowest BCUT2D eigenvalue weighted by Crippen LogP contribution is -2.63. The Labute approximate surface area is 195 Å². The molecule has 0 spiro atoms. The third-order valence-electron chi connectivity index (χ3n) is 5.91. The molecule has 0 radical (unpaired) electrons. The SMILES string of the molecule is COc1c(O)cccc1CN1C(=O)c2cc(C(=O)O)nn2CC1(C)C(=O)NCc1ccccc1. The van der Waals surface area contributed by atoms with Gasteiger partial charge >= 0.3 is 5.97 Å². The predicted molar refractivity (Wildman–Crippen MR) is 120 cm³/mol. The number of carbonyl (C=O) groups is 3. The molecule has 0 aliphatic carbocycles. The lowest BCUT2D eigenvalue weighted by atomic mass is 9.93. The van der Waals surface area contributed by atoms with Gasteiger partial charge in [-0.15, -0.1) is 0 Å². The number of phenols is 1. The van der Waals surface area contributed by atoms with Gasteiger partial charge in [0.15, 0.2) is 17.2 Å². The van der Waals surface area contributed by atoms with E-state index in [0.717, 1.165) is 5.56 Å². The lowest BCUT2D eigenvalue weighted by Gasteiger charge is -2.43. The Bertz CT molecular complexity index is 1260. The van der Waals surface area contributed by atoms with Crippen LogP contribution in [0.4, 0.5) is 0 Å². The first-order valence-corrected chi connectivity index (χ1v) is 10.5. The second kappa shape index (κ2) is 8.89. The molecule has 1 aliphatic rings. The first-order valence-electron chi connectivity index (χ1n) is 10.5. The minimum absolute atomic E-state index is 0.0525. The van der Waals surface area contributed by atoms with Gasteiger partial charge in [0.25, 0.3) is 5.91 Å². The van der Waals surface area contributed by atoms with E-state index in [-0.39, 0.29) is 42.5 Å². The first-order chi connectivity index (χ1) is 16.2. The van der Waals surface area contributed by atoms with Gasteiger partial charge in [-0.25, -0.2) is 4.79 Å². The van der Waals surface area contributed by atoms with Crippen molar-refractivity contribution in [3.8, 4) is 11.5 Å². The number of methoxy groups -OCH3 is 1.